The number of furan rings is 1. The predicted octanol–water partition coefficient (Wildman–Crippen LogP) is 2.15. The molecule has 1 aromatic carbocycles. The Morgan fingerprint density at radius 2 is 2.00 bits per heavy atom. The highest BCUT2D eigenvalue weighted by Crippen LogP contribution is 2.28. The maximum atomic E-state index is 10.3. The lowest BCUT2D eigenvalue weighted by molar-refractivity contribution is 0.444. The van der Waals surface area contributed by atoms with E-state index < -0.39 is 0 Å². The summed E-state index contributed by atoms with van der Waals surface area (Å²) >= 11 is 0. The monoisotopic (exact) mass is 336 g/mol. The second kappa shape index (κ2) is 5.52. The quantitative estimate of drug-likeness (QED) is 0.489. The number of hydrogen-bond acceptors (Lipinski definition) is 7. The van der Waals surface area contributed by atoms with Crippen molar-refractivity contribution in [2.24, 2.45) is 0 Å². The maximum Gasteiger partial charge on any atom is 0.236 e. The maximum absolute atomic E-state index is 10.3. The fourth-order valence-corrected chi connectivity index (χ4v) is 2.76. The third kappa shape index (κ3) is 2.63. The van der Waals surface area contributed by atoms with E-state index in [0.717, 1.165) is 11.3 Å². The number of hydrogen-bond donors (Lipinski definition) is 3. The van der Waals surface area contributed by atoms with Gasteiger partial charge in [-0.25, -0.2) is 0 Å². The number of rotatable bonds is 3. The number of aromatic nitrogens is 4. The molecule has 4 rings (SSSR count). The Labute approximate surface area is 142 Å². The average Bonchev–Trinajstić information content (AvgIpc) is 3.12. The zero-order chi connectivity index (χ0) is 17.6. The molecular formula is C17H16N6O2. The summed E-state index contributed by atoms with van der Waals surface area (Å²) < 4.78 is 7.05. The molecule has 3 heterocycles. The van der Waals surface area contributed by atoms with Gasteiger partial charge >= 0.3 is 0 Å². The van der Waals surface area contributed by atoms with Gasteiger partial charge in [-0.2, -0.15) is 14.5 Å². The van der Waals surface area contributed by atoms with E-state index in [4.69, 9.17) is 15.9 Å². The average molecular weight is 336 g/mol. The van der Waals surface area contributed by atoms with E-state index in [9.17, 15) is 5.11 Å². The van der Waals surface area contributed by atoms with Crippen LogP contribution in [0.15, 0.2) is 40.8 Å². The number of benzene rings is 1. The minimum absolute atomic E-state index is 0.0743. The van der Waals surface area contributed by atoms with Crippen LogP contribution >= 0.6 is 0 Å². The van der Waals surface area contributed by atoms with Crippen molar-refractivity contribution in [3.8, 4) is 17.5 Å². The number of aromatic hydroxyl groups is 1. The van der Waals surface area contributed by atoms with Crippen LogP contribution in [-0.4, -0.2) is 24.7 Å². The normalized spacial score (nSPS) is 11.2. The molecule has 0 radical (unpaired) electrons. The Bertz CT molecular complexity index is 1080. The first-order valence-electron chi connectivity index (χ1n) is 7.66. The first kappa shape index (κ1) is 15.0. The van der Waals surface area contributed by atoms with Gasteiger partial charge in [-0.05, 0) is 36.8 Å². The van der Waals surface area contributed by atoms with E-state index in [0.29, 0.717) is 34.9 Å². The Kier molecular flexibility index (Phi) is 3.31. The molecule has 0 amide bonds. The van der Waals surface area contributed by atoms with Crippen molar-refractivity contribution < 1.29 is 9.52 Å². The van der Waals surface area contributed by atoms with Crippen molar-refractivity contribution in [2.45, 2.75) is 13.3 Å². The molecule has 0 saturated carbocycles. The summed E-state index contributed by atoms with van der Waals surface area (Å²) in [7, 11) is 0. The van der Waals surface area contributed by atoms with Crippen LogP contribution in [0, 0.1) is 6.92 Å². The van der Waals surface area contributed by atoms with Crippen LogP contribution in [0.5, 0.6) is 5.88 Å². The second-order valence-corrected chi connectivity index (χ2v) is 5.78. The Morgan fingerprint density at radius 1 is 1.16 bits per heavy atom. The molecule has 0 aliphatic heterocycles. The highest BCUT2D eigenvalue weighted by molar-refractivity contribution is 5.62. The Morgan fingerprint density at radius 3 is 2.72 bits per heavy atom. The standard InChI is InChI=1S/C17H16N6O2/c1-9-5-6-13(25-9)15-21-17(19)20-14-12(16(24)22-23(14)15)8-10-3-2-4-11(18)7-10/h2-7H,8,18H2,1H3,(H2,19,20)(H,22,24). The summed E-state index contributed by atoms with van der Waals surface area (Å²) in [6, 6.07) is 11.0. The summed E-state index contributed by atoms with van der Waals surface area (Å²) in [5.74, 6) is 1.55. The summed E-state index contributed by atoms with van der Waals surface area (Å²) in [6.45, 7) is 1.83. The molecule has 0 atom stereocenters. The molecule has 0 aliphatic carbocycles. The van der Waals surface area contributed by atoms with Crippen LogP contribution < -0.4 is 11.5 Å². The van der Waals surface area contributed by atoms with Gasteiger partial charge in [-0.1, -0.05) is 12.1 Å². The topological polar surface area (TPSA) is 128 Å². The largest absolute Gasteiger partial charge is 0.492 e. The second-order valence-electron chi connectivity index (χ2n) is 5.78. The Hall–Kier alpha value is -3.55. The van der Waals surface area contributed by atoms with Crippen molar-refractivity contribution in [2.75, 3.05) is 11.5 Å². The van der Waals surface area contributed by atoms with Gasteiger partial charge in [0.1, 0.15) is 5.76 Å². The number of aryl methyl sites for hydroxylation is 1. The minimum atomic E-state index is -0.133. The molecule has 0 saturated heterocycles. The van der Waals surface area contributed by atoms with Crippen molar-refractivity contribution >= 4 is 17.3 Å². The number of nitrogens with zero attached hydrogens (tertiary/aromatic N) is 4. The Balaban J connectivity index is 1.89. The summed E-state index contributed by atoms with van der Waals surface area (Å²) in [5, 5.41) is 14.5. The fourth-order valence-electron chi connectivity index (χ4n) is 2.76. The summed E-state index contributed by atoms with van der Waals surface area (Å²) in [5.41, 5.74) is 14.2. The van der Waals surface area contributed by atoms with E-state index in [1.165, 1.54) is 4.52 Å². The molecule has 4 aromatic rings. The van der Waals surface area contributed by atoms with Crippen molar-refractivity contribution in [3.05, 3.63) is 53.3 Å². The van der Waals surface area contributed by atoms with Crippen LogP contribution in [0.25, 0.3) is 17.2 Å². The highest BCUT2D eigenvalue weighted by Gasteiger charge is 2.20. The predicted molar refractivity (Wildman–Crippen MR) is 93.0 cm³/mol. The number of fused-ring (bicyclic) bond motifs is 1. The van der Waals surface area contributed by atoms with Gasteiger partial charge in [0.15, 0.2) is 11.4 Å². The van der Waals surface area contributed by atoms with Crippen LogP contribution in [0.4, 0.5) is 11.6 Å². The molecule has 8 heteroatoms. The zero-order valence-corrected chi connectivity index (χ0v) is 13.5. The molecular weight excluding hydrogens is 320 g/mol. The lowest BCUT2D eigenvalue weighted by Gasteiger charge is -2.04. The highest BCUT2D eigenvalue weighted by atomic mass is 16.3. The van der Waals surface area contributed by atoms with Crippen LogP contribution in [0.3, 0.4) is 0 Å². The smallest absolute Gasteiger partial charge is 0.236 e. The molecule has 8 nitrogen and oxygen atoms in total. The van der Waals surface area contributed by atoms with Crippen molar-refractivity contribution in [1.29, 1.82) is 0 Å². The summed E-state index contributed by atoms with van der Waals surface area (Å²) in [4.78, 5) is 8.44. The zero-order valence-electron chi connectivity index (χ0n) is 13.5. The third-order valence-electron chi connectivity index (χ3n) is 3.87. The number of nitrogen functional groups attached to an aromatic ring is 2. The van der Waals surface area contributed by atoms with E-state index in [2.05, 4.69) is 15.1 Å². The molecule has 25 heavy (non-hydrogen) atoms. The molecule has 0 spiro atoms. The molecule has 0 aliphatic rings. The van der Waals surface area contributed by atoms with Gasteiger partial charge in [0.05, 0.1) is 5.56 Å². The first-order chi connectivity index (χ1) is 12.0. The van der Waals surface area contributed by atoms with E-state index >= 15 is 0 Å². The van der Waals surface area contributed by atoms with Gasteiger partial charge in [-0.3, -0.25) is 0 Å². The van der Waals surface area contributed by atoms with Crippen LogP contribution in [0.2, 0.25) is 0 Å². The van der Waals surface area contributed by atoms with Crippen molar-refractivity contribution in [3.63, 3.8) is 0 Å². The van der Waals surface area contributed by atoms with Gasteiger partial charge < -0.3 is 21.0 Å². The fraction of sp³-hybridized carbons (Fsp3) is 0.118. The molecule has 0 unspecified atom stereocenters. The van der Waals surface area contributed by atoms with E-state index in [1.54, 1.807) is 12.1 Å². The minimum Gasteiger partial charge on any atom is -0.492 e. The molecule has 5 N–H and O–H groups in total. The molecule has 3 aromatic heterocycles. The van der Waals surface area contributed by atoms with Crippen LogP contribution in [-0.2, 0) is 6.42 Å². The number of nitrogens with two attached hydrogens (primary N) is 2. The summed E-state index contributed by atoms with van der Waals surface area (Å²) in [6.07, 6.45) is 0.410. The van der Waals surface area contributed by atoms with Crippen LogP contribution in [0.1, 0.15) is 16.9 Å². The van der Waals surface area contributed by atoms with Gasteiger partial charge in [0.2, 0.25) is 17.7 Å². The first-order valence-corrected chi connectivity index (χ1v) is 7.66. The molecule has 0 fully saturated rings. The third-order valence-corrected chi connectivity index (χ3v) is 3.87. The lowest BCUT2D eigenvalue weighted by Crippen LogP contribution is -2.05. The number of anilines is 2. The molecule has 126 valence electrons. The van der Waals surface area contributed by atoms with E-state index in [-0.39, 0.29) is 11.8 Å². The van der Waals surface area contributed by atoms with Gasteiger partial charge in [0, 0.05) is 12.1 Å². The van der Waals surface area contributed by atoms with Gasteiger partial charge in [-0.15, -0.1) is 5.10 Å². The van der Waals surface area contributed by atoms with Gasteiger partial charge in [0.25, 0.3) is 0 Å². The van der Waals surface area contributed by atoms with E-state index in [1.807, 2.05) is 31.2 Å². The SMILES string of the molecule is Cc1ccc(-c2nc(N)nc3c(Cc4cccc(N)c4)c(O)nn23)o1. The lowest BCUT2D eigenvalue weighted by atomic mass is 10.1. The van der Waals surface area contributed by atoms with Crippen molar-refractivity contribution in [1.82, 2.24) is 19.6 Å². The molecule has 0 bridgehead atoms.